The fourth-order valence-electron chi connectivity index (χ4n) is 3.61. The number of nitrogens with zero attached hydrogens (tertiary/aromatic N) is 5. The van der Waals surface area contributed by atoms with Crippen LogP contribution in [0.4, 0.5) is 8.78 Å². The summed E-state index contributed by atoms with van der Waals surface area (Å²) in [4.78, 5) is 4.61. The van der Waals surface area contributed by atoms with Gasteiger partial charge in [0.25, 0.3) is 0 Å². The number of benzene rings is 1. The van der Waals surface area contributed by atoms with Crippen LogP contribution in [0.1, 0.15) is 44.2 Å². The predicted molar refractivity (Wildman–Crippen MR) is 106 cm³/mol. The number of hydrogen-bond acceptors (Lipinski definition) is 5. The van der Waals surface area contributed by atoms with E-state index in [1.807, 2.05) is 25.5 Å². The second-order valence-corrected chi connectivity index (χ2v) is 7.68. The van der Waals surface area contributed by atoms with Gasteiger partial charge in [-0.05, 0) is 45.7 Å². The molecule has 160 valence electrons. The number of aromatic nitrogens is 5. The molecule has 30 heavy (non-hydrogen) atoms. The van der Waals surface area contributed by atoms with Gasteiger partial charge in [-0.1, -0.05) is 0 Å². The van der Waals surface area contributed by atoms with Crippen molar-refractivity contribution in [3.05, 3.63) is 47.5 Å². The molecule has 0 unspecified atom stereocenters. The first kappa shape index (κ1) is 20.6. The molecular formula is C21H25F2N5O2. The summed E-state index contributed by atoms with van der Waals surface area (Å²) in [5, 5.41) is 9.03. The van der Waals surface area contributed by atoms with Gasteiger partial charge in [-0.15, -0.1) is 5.10 Å². The topological polar surface area (TPSA) is 67.0 Å². The predicted octanol–water partition coefficient (Wildman–Crippen LogP) is 3.99. The standard InChI is InChI=1S/C21H25F2N5O2/c1-13(2)30-12-20-25-21(28(26-20)18-9-15(22)8-16(23)10-18)19-11-24-27(14(19)3)17-4-6-29-7-5-17/h8-11,13,17H,4-7,12H2,1-3H3. The minimum atomic E-state index is -0.680. The summed E-state index contributed by atoms with van der Waals surface area (Å²) in [6, 6.07) is 3.54. The van der Waals surface area contributed by atoms with Crippen LogP contribution in [-0.4, -0.2) is 43.9 Å². The lowest BCUT2D eigenvalue weighted by Gasteiger charge is -2.23. The molecule has 1 saturated heterocycles. The average molecular weight is 417 g/mol. The first-order valence-corrected chi connectivity index (χ1v) is 10.1. The molecule has 0 spiro atoms. The quantitative estimate of drug-likeness (QED) is 0.607. The molecule has 0 saturated carbocycles. The van der Waals surface area contributed by atoms with Crippen molar-refractivity contribution >= 4 is 0 Å². The summed E-state index contributed by atoms with van der Waals surface area (Å²) < 4.78 is 42.3. The minimum absolute atomic E-state index is 0.00465. The highest BCUT2D eigenvalue weighted by Crippen LogP contribution is 2.29. The van der Waals surface area contributed by atoms with E-state index in [4.69, 9.17) is 9.47 Å². The van der Waals surface area contributed by atoms with E-state index in [0.717, 1.165) is 30.2 Å². The zero-order chi connectivity index (χ0) is 21.3. The third-order valence-corrected chi connectivity index (χ3v) is 5.11. The van der Waals surface area contributed by atoms with Gasteiger partial charge in [0.05, 0.1) is 29.6 Å². The number of halogens is 2. The van der Waals surface area contributed by atoms with Gasteiger partial charge in [0.15, 0.2) is 11.6 Å². The molecule has 0 aliphatic carbocycles. The lowest BCUT2D eigenvalue weighted by Crippen LogP contribution is -2.21. The van der Waals surface area contributed by atoms with Gasteiger partial charge in [-0.2, -0.15) is 5.10 Å². The van der Waals surface area contributed by atoms with Gasteiger partial charge in [0, 0.05) is 25.0 Å². The van der Waals surface area contributed by atoms with Gasteiger partial charge in [-0.3, -0.25) is 4.68 Å². The van der Waals surface area contributed by atoms with Crippen LogP contribution in [0.3, 0.4) is 0 Å². The van der Waals surface area contributed by atoms with Crippen molar-refractivity contribution in [1.29, 1.82) is 0 Å². The molecule has 0 atom stereocenters. The highest BCUT2D eigenvalue weighted by atomic mass is 19.1. The highest BCUT2D eigenvalue weighted by molar-refractivity contribution is 5.60. The Bertz CT molecular complexity index is 1000. The summed E-state index contributed by atoms with van der Waals surface area (Å²) >= 11 is 0. The molecule has 0 radical (unpaired) electrons. The van der Waals surface area contributed by atoms with Crippen LogP contribution in [0, 0.1) is 18.6 Å². The van der Waals surface area contributed by atoms with E-state index in [-0.39, 0.29) is 24.4 Å². The molecule has 4 rings (SSSR count). The Labute approximate surface area is 173 Å². The SMILES string of the molecule is Cc1c(-c2nc(COC(C)C)nn2-c2cc(F)cc(F)c2)cnn1C1CCOCC1. The van der Waals surface area contributed by atoms with Crippen molar-refractivity contribution < 1.29 is 18.3 Å². The Morgan fingerprint density at radius 1 is 1.17 bits per heavy atom. The second-order valence-electron chi connectivity index (χ2n) is 7.68. The maximum atomic E-state index is 13.9. The summed E-state index contributed by atoms with van der Waals surface area (Å²) in [7, 11) is 0. The summed E-state index contributed by atoms with van der Waals surface area (Å²) in [5.41, 5.74) is 1.93. The van der Waals surface area contributed by atoms with E-state index >= 15 is 0 Å². The van der Waals surface area contributed by atoms with Crippen molar-refractivity contribution in [1.82, 2.24) is 24.5 Å². The molecule has 2 aromatic heterocycles. The molecule has 3 heterocycles. The first-order valence-electron chi connectivity index (χ1n) is 10.1. The maximum Gasteiger partial charge on any atom is 0.177 e. The Balaban J connectivity index is 1.77. The fourth-order valence-corrected chi connectivity index (χ4v) is 3.61. The molecule has 9 heteroatoms. The third-order valence-electron chi connectivity index (χ3n) is 5.11. The van der Waals surface area contributed by atoms with Crippen LogP contribution in [0.2, 0.25) is 0 Å². The Morgan fingerprint density at radius 3 is 2.53 bits per heavy atom. The Hall–Kier alpha value is -2.65. The van der Waals surface area contributed by atoms with E-state index in [0.29, 0.717) is 24.9 Å². The Morgan fingerprint density at radius 2 is 1.87 bits per heavy atom. The molecule has 0 bridgehead atoms. The molecular weight excluding hydrogens is 392 g/mol. The lowest BCUT2D eigenvalue weighted by atomic mass is 10.1. The molecule has 7 nitrogen and oxygen atoms in total. The van der Waals surface area contributed by atoms with Crippen LogP contribution < -0.4 is 0 Å². The number of ether oxygens (including phenoxy) is 2. The fraction of sp³-hybridized carbons (Fsp3) is 0.476. The van der Waals surface area contributed by atoms with Gasteiger partial charge in [-0.25, -0.2) is 18.4 Å². The molecule has 0 N–H and O–H groups in total. The molecule has 1 aromatic carbocycles. The van der Waals surface area contributed by atoms with Crippen molar-refractivity contribution in [3.63, 3.8) is 0 Å². The van der Waals surface area contributed by atoms with E-state index < -0.39 is 11.6 Å². The number of hydrogen-bond donors (Lipinski definition) is 0. The van der Waals surface area contributed by atoms with Crippen molar-refractivity contribution in [2.24, 2.45) is 0 Å². The van der Waals surface area contributed by atoms with Gasteiger partial charge >= 0.3 is 0 Å². The van der Waals surface area contributed by atoms with Crippen LogP contribution in [0.25, 0.3) is 17.1 Å². The number of rotatable bonds is 6. The molecule has 0 amide bonds. The largest absolute Gasteiger partial charge is 0.381 e. The maximum absolute atomic E-state index is 13.9. The summed E-state index contributed by atoms with van der Waals surface area (Å²) in [6.07, 6.45) is 3.51. The van der Waals surface area contributed by atoms with Crippen molar-refractivity contribution in [2.45, 2.75) is 52.4 Å². The monoisotopic (exact) mass is 417 g/mol. The molecule has 3 aromatic rings. The van der Waals surface area contributed by atoms with Crippen LogP contribution >= 0.6 is 0 Å². The van der Waals surface area contributed by atoms with E-state index in [1.165, 1.54) is 16.8 Å². The molecule has 1 fully saturated rings. The van der Waals surface area contributed by atoms with E-state index in [2.05, 4.69) is 15.2 Å². The van der Waals surface area contributed by atoms with Crippen LogP contribution in [0.15, 0.2) is 24.4 Å². The lowest BCUT2D eigenvalue weighted by molar-refractivity contribution is 0.0613. The Kier molecular flexibility index (Phi) is 5.92. The van der Waals surface area contributed by atoms with Gasteiger partial charge in [0.1, 0.15) is 18.2 Å². The molecule has 1 aliphatic heterocycles. The minimum Gasteiger partial charge on any atom is -0.381 e. The van der Waals surface area contributed by atoms with Gasteiger partial charge < -0.3 is 9.47 Å². The third kappa shape index (κ3) is 4.27. The smallest absolute Gasteiger partial charge is 0.177 e. The highest BCUT2D eigenvalue weighted by Gasteiger charge is 2.23. The van der Waals surface area contributed by atoms with Crippen LogP contribution in [-0.2, 0) is 16.1 Å². The van der Waals surface area contributed by atoms with E-state index in [1.54, 1.807) is 6.20 Å². The zero-order valence-corrected chi connectivity index (χ0v) is 17.3. The average Bonchev–Trinajstić information content (AvgIpc) is 3.29. The molecule has 1 aliphatic rings. The van der Waals surface area contributed by atoms with E-state index in [9.17, 15) is 8.78 Å². The van der Waals surface area contributed by atoms with Crippen molar-refractivity contribution in [3.8, 4) is 17.1 Å². The van der Waals surface area contributed by atoms with Crippen molar-refractivity contribution in [2.75, 3.05) is 13.2 Å². The van der Waals surface area contributed by atoms with Crippen LogP contribution in [0.5, 0.6) is 0 Å². The summed E-state index contributed by atoms with van der Waals surface area (Å²) in [6.45, 7) is 7.41. The zero-order valence-electron chi connectivity index (χ0n) is 17.3. The summed E-state index contributed by atoms with van der Waals surface area (Å²) in [5.74, 6) is -0.457. The normalized spacial score (nSPS) is 15.3. The first-order chi connectivity index (χ1) is 14.4. The van der Waals surface area contributed by atoms with Gasteiger partial charge in [0.2, 0.25) is 0 Å². The second kappa shape index (κ2) is 8.61.